The Kier molecular flexibility index (Phi) is 5.17. The van der Waals surface area contributed by atoms with Crippen LogP contribution >= 0.6 is 0 Å². The van der Waals surface area contributed by atoms with E-state index in [0.717, 1.165) is 29.9 Å². The van der Waals surface area contributed by atoms with Crippen molar-refractivity contribution in [2.24, 2.45) is 17.8 Å². The maximum absolute atomic E-state index is 12.2. The number of carbonyl (C=O) groups excluding carboxylic acids is 1. The minimum atomic E-state index is -0.336. The molecule has 0 aromatic heterocycles. The number of hydrogen-bond donors (Lipinski definition) is 1. The fraction of sp³-hybridized carbons (Fsp3) is 0.632. The molecule has 1 aromatic rings. The zero-order valence-corrected chi connectivity index (χ0v) is 14.7. The van der Waals surface area contributed by atoms with Crippen molar-refractivity contribution in [2.75, 3.05) is 6.79 Å². The van der Waals surface area contributed by atoms with Crippen LogP contribution in [0, 0.1) is 17.8 Å². The van der Waals surface area contributed by atoms with Crippen LogP contribution in [0.5, 0.6) is 11.5 Å². The van der Waals surface area contributed by atoms with E-state index < -0.39 is 0 Å². The van der Waals surface area contributed by atoms with Crippen molar-refractivity contribution in [1.29, 1.82) is 0 Å². The summed E-state index contributed by atoms with van der Waals surface area (Å²) in [7, 11) is 0. The second-order valence-electron chi connectivity index (χ2n) is 7.31. The third-order valence-electron chi connectivity index (χ3n) is 5.09. The van der Waals surface area contributed by atoms with Gasteiger partial charge in [-0.2, -0.15) is 0 Å². The molecule has 5 nitrogen and oxygen atoms in total. The highest BCUT2D eigenvalue weighted by molar-refractivity contribution is 5.67. The van der Waals surface area contributed by atoms with Crippen molar-refractivity contribution in [3.8, 4) is 11.5 Å². The number of amides is 1. The zero-order chi connectivity index (χ0) is 17.1. The number of ether oxygens (including phenoxy) is 3. The first-order valence-electron chi connectivity index (χ1n) is 8.86. The number of rotatable bonds is 4. The van der Waals surface area contributed by atoms with Gasteiger partial charge in [0.05, 0.1) is 0 Å². The molecule has 1 saturated carbocycles. The Hall–Kier alpha value is -1.91. The lowest BCUT2D eigenvalue weighted by atomic mass is 9.75. The van der Waals surface area contributed by atoms with Crippen LogP contribution in [-0.4, -0.2) is 19.0 Å². The topological polar surface area (TPSA) is 56.8 Å². The average molecular weight is 333 g/mol. The second kappa shape index (κ2) is 7.32. The van der Waals surface area contributed by atoms with Crippen molar-refractivity contribution >= 4 is 6.09 Å². The molecule has 3 rings (SSSR count). The first-order valence-corrected chi connectivity index (χ1v) is 8.86. The van der Waals surface area contributed by atoms with E-state index in [2.05, 4.69) is 26.1 Å². The van der Waals surface area contributed by atoms with Crippen LogP contribution < -0.4 is 14.8 Å². The van der Waals surface area contributed by atoms with Gasteiger partial charge in [0.2, 0.25) is 6.79 Å². The average Bonchev–Trinajstić information content (AvgIpc) is 3.00. The van der Waals surface area contributed by atoms with Crippen LogP contribution in [0.15, 0.2) is 18.2 Å². The van der Waals surface area contributed by atoms with Gasteiger partial charge in [0, 0.05) is 6.54 Å². The quantitative estimate of drug-likeness (QED) is 0.901. The molecule has 3 atom stereocenters. The van der Waals surface area contributed by atoms with Crippen LogP contribution in [0.2, 0.25) is 0 Å². The molecule has 0 saturated heterocycles. The van der Waals surface area contributed by atoms with Crippen molar-refractivity contribution < 1.29 is 19.0 Å². The Balaban J connectivity index is 1.53. The lowest BCUT2D eigenvalue weighted by Gasteiger charge is -2.36. The number of benzene rings is 1. The van der Waals surface area contributed by atoms with Gasteiger partial charge in [-0.1, -0.05) is 33.3 Å². The molecule has 1 aliphatic heterocycles. The molecular formula is C19H27NO4. The normalized spacial score (nSPS) is 25.6. The van der Waals surface area contributed by atoms with Gasteiger partial charge in [-0.3, -0.25) is 0 Å². The maximum atomic E-state index is 12.2. The van der Waals surface area contributed by atoms with E-state index in [4.69, 9.17) is 14.2 Å². The molecular weight excluding hydrogens is 306 g/mol. The summed E-state index contributed by atoms with van der Waals surface area (Å²) in [6, 6.07) is 5.68. The molecule has 0 bridgehead atoms. The summed E-state index contributed by atoms with van der Waals surface area (Å²) in [5.74, 6) is 3.08. The molecule has 1 amide bonds. The molecule has 132 valence electrons. The van der Waals surface area contributed by atoms with E-state index in [-0.39, 0.29) is 19.0 Å². The molecule has 24 heavy (non-hydrogen) atoms. The monoisotopic (exact) mass is 333 g/mol. The van der Waals surface area contributed by atoms with Gasteiger partial charge < -0.3 is 19.5 Å². The minimum absolute atomic E-state index is 0.0190. The molecule has 3 unspecified atom stereocenters. The molecule has 5 heteroatoms. The summed E-state index contributed by atoms with van der Waals surface area (Å²) < 4.78 is 16.4. The van der Waals surface area contributed by atoms with E-state index in [9.17, 15) is 4.79 Å². The lowest BCUT2D eigenvalue weighted by Crippen LogP contribution is -2.38. The molecule has 2 aliphatic rings. The van der Waals surface area contributed by atoms with Crippen molar-refractivity contribution in [1.82, 2.24) is 5.32 Å². The van der Waals surface area contributed by atoms with Crippen molar-refractivity contribution in [2.45, 2.75) is 52.7 Å². The molecule has 1 N–H and O–H groups in total. The van der Waals surface area contributed by atoms with E-state index >= 15 is 0 Å². The number of alkyl carbamates (subject to hydrolysis) is 1. The SMILES string of the molecule is CC1CCC(C(C)C)C(OC(=O)NCc2ccc3c(c2)OCO3)C1. The zero-order valence-electron chi connectivity index (χ0n) is 14.7. The third-order valence-corrected chi connectivity index (χ3v) is 5.09. The Bertz CT molecular complexity index is 587. The third kappa shape index (κ3) is 3.94. The van der Waals surface area contributed by atoms with Gasteiger partial charge in [0.1, 0.15) is 6.10 Å². The standard InChI is InChI=1S/C19H27NO4/c1-12(2)15-6-4-13(3)8-17(15)24-19(21)20-10-14-5-7-16-18(9-14)23-11-22-16/h5,7,9,12-13,15,17H,4,6,8,10-11H2,1-3H3,(H,20,21). The van der Waals surface area contributed by atoms with Crippen molar-refractivity contribution in [3.05, 3.63) is 23.8 Å². The van der Waals surface area contributed by atoms with Crippen LogP contribution in [-0.2, 0) is 11.3 Å². The van der Waals surface area contributed by atoms with E-state index in [0.29, 0.717) is 24.3 Å². The largest absolute Gasteiger partial charge is 0.454 e. The van der Waals surface area contributed by atoms with Gasteiger partial charge in [-0.15, -0.1) is 0 Å². The Morgan fingerprint density at radius 1 is 1.29 bits per heavy atom. The molecule has 1 aliphatic carbocycles. The second-order valence-corrected chi connectivity index (χ2v) is 7.31. The summed E-state index contributed by atoms with van der Waals surface area (Å²) in [5.41, 5.74) is 0.966. The highest BCUT2D eigenvalue weighted by Gasteiger charge is 2.33. The predicted molar refractivity (Wildman–Crippen MR) is 91.0 cm³/mol. The first-order chi connectivity index (χ1) is 11.5. The molecule has 1 fully saturated rings. The van der Waals surface area contributed by atoms with Crippen LogP contribution in [0.3, 0.4) is 0 Å². The smallest absolute Gasteiger partial charge is 0.407 e. The molecule has 0 spiro atoms. The van der Waals surface area contributed by atoms with Gasteiger partial charge in [0.25, 0.3) is 0 Å². The maximum Gasteiger partial charge on any atom is 0.407 e. The van der Waals surface area contributed by atoms with E-state index in [1.54, 1.807) is 0 Å². The number of fused-ring (bicyclic) bond motifs is 1. The summed E-state index contributed by atoms with van der Waals surface area (Å²) in [4.78, 5) is 12.2. The van der Waals surface area contributed by atoms with Gasteiger partial charge >= 0.3 is 6.09 Å². The fourth-order valence-electron chi connectivity index (χ4n) is 3.65. The van der Waals surface area contributed by atoms with Crippen LogP contribution in [0.1, 0.15) is 45.6 Å². The summed E-state index contributed by atoms with van der Waals surface area (Å²) >= 11 is 0. The molecule has 1 aromatic carbocycles. The Morgan fingerprint density at radius 2 is 2.08 bits per heavy atom. The Labute approximate surface area is 143 Å². The van der Waals surface area contributed by atoms with Gasteiger partial charge in [0.15, 0.2) is 11.5 Å². The van der Waals surface area contributed by atoms with E-state index in [1.165, 1.54) is 6.42 Å². The van der Waals surface area contributed by atoms with E-state index in [1.807, 2.05) is 18.2 Å². The minimum Gasteiger partial charge on any atom is -0.454 e. The predicted octanol–water partition coefficient (Wildman–Crippen LogP) is 4.10. The van der Waals surface area contributed by atoms with Crippen LogP contribution in [0.25, 0.3) is 0 Å². The number of hydrogen-bond acceptors (Lipinski definition) is 4. The highest BCUT2D eigenvalue weighted by Crippen LogP contribution is 2.35. The highest BCUT2D eigenvalue weighted by atomic mass is 16.7. The number of carbonyl (C=O) groups is 1. The lowest BCUT2D eigenvalue weighted by molar-refractivity contribution is 0.00601. The fourth-order valence-corrected chi connectivity index (χ4v) is 3.65. The summed E-state index contributed by atoms with van der Waals surface area (Å²) in [5, 5.41) is 2.85. The van der Waals surface area contributed by atoms with Crippen molar-refractivity contribution in [3.63, 3.8) is 0 Å². The summed E-state index contributed by atoms with van der Waals surface area (Å²) in [6.45, 7) is 7.33. The summed E-state index contributed by atoms with van der Waals surface area (Å²) in [6.07, 6.45) is 3.00. The van der Waals surface area contributed by atoms with Gasteiger partial charge in [-0.25, -0.2) is 4.79 Å². The number of nitrogens with one attached hydrogen (secondary N) is 1. The first kappa shape index (κ1) is 16.9. The molecule has 1 heterocycles. The van der Waals surface area contributed by atoms with Crippen LogP contribution in [0.4, 0.5) is 4.79 Å². The van der Waals surface area contributed by atoms with Gasteiger partial charge in [-0.05, 0) is 48.3 Å². The molecule has 0 radical (unpaired) electrons. The Morgan fingerprint density at radius 3 is 2.88 bits per heavy atom.